The number of aliphatic imine (C=N–C) groups is 1. The first-order valence-electron chi connectivity index (χ1n) is 6.95. The van der Waals surface area contributed by atoms with Crippen molar-refractivity contribution in [2.24, 2.45) is 4.99 Å². The maximum atomic E-state index is 12.8. The first-order chi connectivity index (χ1) is 9.15. The Morgan fingerprint density at radius 3 is 2.53 bits per heavy atom. The molecule has 1 aromatic rings. The summed E-state index contributed by atoms with van der Waals surface area (Å²) in [4.78, 5) is 4.52. The van der Waals surface area contributed by atoms with E-state index < -0.39 is 0 Å². The third-order valence-corrected chi connectivity index (χ3v) is 2.92. The van der Waals surface area contributed by atoms with E-state index in [9.17, 15) is 4.39 Å². The number of nitrogens with one attached hydrogen (secondary N) is 2. The topological polar surface area (TPSA) is 36.4 Å². The number of hydrogen-bond donors (Lipinski definition) is 2. The minimum Gasteiger partial charge on any atom is -0.357 e. The van der Waals surface area contributed by atoms with Crippen LogP contribution < -0.4 is 10.6 Å². The van der Waals surface area contributed by atoms with E-state index in [0.29, 0.717) is 12.6 Å². The summed E-state index contributed by atoms with van der Waals surface area (Å²) < 4.78 is 12.8. The largest absolute Gasteiger partial charge is 0.357 e. The molecule has 1 rings (SSSR count). The van der Waals surface area contributed by atoms with E-state index in [0.717, 1.165) is 30.9 Å². The van der Waals surface area contributed by atoms with E-state index in [2.05, 4.69) is 29.5 Å². The molecule has 2 N–H and O–H groups in total. The van der Waals surface area contributed by atoms with Crippen LogP contribution in [0.1, 0.15) is 32.8 Å². The molecule has 0 radical (unpaired) electrons. The van der Waals surface area contributed by atoms with Crippen LogP contribution in [0.25, 0.3) is 0 Å². The molecule has 1 unspecified atom stereocenters. The second-order valence-electron chi connectivity index (χ2n) is 4.59. The summed E-state index contributed by atoms with van der Waals surface area (Å²) in [6.45, 7) is 7.86. The van der Waals surface area contributed by atoms with Crippen LogP contribution in [0.5, 0.6) is 0 Å². The van der Waals surface area contributed by atoms with Crippen molar-refractivity contribution >= 4 is 5.96 Å². The fourth-order valence-electron chi connectivity index (χ4n) is 1.60. The molecule has 0 saturated carbocycles. The number of nitrogens with zero attached hydrogens (tertiary/aromatic N) is 1. The smallest absolute Gasteiger partial charge is 0.191 e. The van der Waals surface area contributed by atoms with E-state index in [1.54, 1.807) is 12.1 Å². The van der Waals surface area contributed by atoms with Gasteiger partial charge in [-0.2, -0.15) is 0 Å². The first-order valence-corrected chi connectivity index (χ1v) is 6.95. The minimum atomic E-state index is -0.195. The van der Waals surface area contributed by atoms with E-state index in [4.69, 9.17) is 0 Å². The zero-order valence-corrected chi connectivity index (χ0v) is 12.0. The second kappa shape index (κ2) is 8.51. The van der Waals surface area contributed by atoms with Crippen molar-refractivity contribution in [1.82, 2.24) is 10.6 Å². The lowest BCUT2D eigenvalue weighted by atomic mass is 10.1. The quantitative estimate of drug-likeness (QED) is 0.613. The summed E-state index contributed by atoms with van der Waals surface area (Å²) in [6.07, 6.45) is 1.87. The number of benzene rings is 1. The normalized spacial score (nSPS) is 13.2. The molecule has 0 fully saturated rings. The van der Waals surface area contributed by atoms with Gasteiger partial charge in [-0.05, 0) is 44.4 Å². The second-order valence-corrected chi connectivity index (χ2v) is 4.59. The highest BCUT2D eigenvalue weighted by Crippen LogP contribution is 2.03. The third-order valence-electron chi connectivity index (χ3n) is 2.92. The van der Waals surface area contributed by atoms with E-state index in [1.807, 2.05) is 6.92 Å². The van der Waals surface area contributed by atoms with Gasteiger partial charge >= 0.3 is 0 Å². The fraction of sp³-hybridized carbons (Fsp3) is 0.533. The van der Waals surface area contributed by atoms with Crippen molar-refractivity contribution < 1.29 is 4.39 Å². The predicted octanol–water partition coefficient (Wildman–Crippen LogP) is 2.72. The van der Waals surface area contributed by atoms with Crippen LogP contribution in [0, 0.1) is 5.82 Å². The number of halogens is 1. The van der Waals surface area contributed by atoms with Crippen LogP contribution >= 0.6 is 0 Å². The molecule has 0 aliphatic heterocycles. The summed E-state index contributed by atoms with van der Waals surface area (Å²) in [6, 6.07) is 6.99. The van der Waals surface area contributed by atoms with Gasteiger partial charge in [0.2, 0.25) is 0 Å². The monoisotopic (exact) mass is 265 g/mol. The molecule has 0 bridgehead atoms. The Morgan fingerprint density at radius 1 is 1.26 bits per heavy atom. The lowest BCUT2D eigenvalue weighted by Gasteiger charge is -2.16. The lowest BCUT2D eigenvalue weighted by molar-refractivity contribution is 0.623. The highest BCUT2D eigenvalue weighted by molar-refractivity contribution is 5.80. The molecular weight excluding hydrogens is 241 g/mol. The number of guanidine groups is 1. The van der Waals surface area contributed by atoms with Crippen LogP contribution in [0.15, 0.2) is 29.3 Å². The molecule has 19 heavy (non-hydrogen) atoms. The number of rotatable bonds is 6. The summed E-state index contributed by atoms with van der Waals surface area (Å²) in [5, 5.41) is 6.56. The van der Waals surface area contributed by atoms with Gasteiger partial charge in [0.1, 0.15) is 5.82 Å². The molecular formula is C15H24FN3. The van der Waals surface area contributed by atoms with Crippen LogP contribution in [0.2, 0.25) is 0 Å². The van der Waals surface area contributed by atoms with E-state index in [1.165, 1.54) is 12.1 Å². The third kappa shape index (κ3) is 6.22. The van der Waals surface area contributed by atoms with Crippen molar-refractivity contribution in [3.8, 4) is 0 Å². The number of hydrogen-bond acceptors (Lipinski definition) is 1. The van der Waals surface area contributed by atoms with Crippen molar-refractivity contribution in [3.05, 3.63) is 35.6 Å². The molecule has 106 valence electrons. The highest BCUT2D eigenvalue weighted by atomic mass is 19.1. The van der Waals surface area contributed by atoms with Crippen molar-refractivity contribution in [3.63, 3.8) is 0 Å². The van der Waals surface area contributed by atoms with Gasteiger partial charge in [-0.3, -0.25) is 4.99 Å². The summed E-state index contributed by atoms with van der Waals surface area (Å²) in [5.41, 5.74) is 1.10. The van der Waals surface area contributed by atoms with E-state index in [-0.39, 0.29) is 5.82 Å². The van der Waals surface area contributed by atoms with Gasteiger partial charge < -0.3 is 10.6 Å². The molecule has 0 heterocycles. The van der Waals surface area contributed by atoms with Gasteiger partial charge in [0.15, 0.2) is 5.96 Å². The zero-order valence-electron chi connectivity index (χ0n) is 12.0. The first kappa shape index (κ1) is 15.5. The van der Waals surface area contributed by atoms with E-state index >= 15 is 0 Å². The van der Waals surface area contributed by atoms with Crippen LogP contribution in [0.4, 0.5) is 4.39 Å². The SMILES string of the molecule is CCNC(=NCCc1ccc(F)cc1)NC(C)CC. The lowest BCUT2D eigenvalue weighted by Crippen LogP contribution is -2.42. The summed E-state index contributed by atoms with van der Waals surface area (Å²) >= 11 is 0. The van der Waals surface area contributed by atoms with Gasteiger partial charge in [-0.1, -0.05) is 19.1 Å². The Balaban J connectivity index is 2.48. The van der Waals surface area contributed by atoms with Crippen LogP contribution in [-0.2, 0) is 6.42 Å². The average Bonchev–Trinajstić information content (AvgIpc) is 2.41. The molecule has 0 amide bonds. The maximum absolute atomic E-state index is 12.8. The molecule has 0 spiro atoms. The van der Waals surface area contributed by atoms with Crippen molar-refractivity contribution in [2.45, 2.75) is 39.7 Å². The molecule has 1 atom stereocenters. The standard InChI is InChI=1S/C15H24FN3/c1-4-12(3)19-15(17-5-2)18-11-10-13-6-8-14(16)9-7-13/h6-9,12H,4-5,10-11H2,1-3H3,(H2,17,18,19). The maximum Gasteiger partial charge on any atom is 0.191 e. The van der Waals surface area contributed by atoms with Crippen molar-refractivity contribution in [2.75, 3.05) is 13.1 Å². The average molecular weight is 265 g/mol. The predicted molar refractivity (Wildman–Crippen MR) is 79.0 cm³/mol. The van der Waals surface area contributed by atoms with Gasteiger partial charge in [0.25, 0.3) is 0 Å². The van der Waals surface area contributed by atoms with Crippen molar-refractivity contribution in [1.29, 1.82) is 0 Å². The van der Waals surface area contributed by atoms with Gasteiger partial charge in [-0.15, -0.1) is 0 Å². The Kier molecular flexibility index (Phi) is 6.93. The molecule has 4 heteroatoms. The van der Waals surface area contributed by atoms with Crippen LogP contribution in [0.3, 0.4) is 0 Å². The Bertz CT molecular complexity index is 387. The molecule has 0 aliphatic carbocycles. The van der Waals surface area contributed by atoms with Gasteiger partial charge in [0, 0.05) is 19.1 Å². The molecule has 1 aromatic carbocycles. The van der Waals surface area contributed by atoms with Gasteiger partial charge in [0.05, 0.1) is 0 Å². The minimum absolute atomic E-state index is 0.195. The van der Waals surface area contributed by atoms with Gasteiger partial charge in [-0.25, -0.2) is 4.39 Å². The fourth-order valence-corrected chi connectivity index (χ4v) is 1.60. The highest BCUT2D eigenvalue weighted by Gasteiger charge is 2.02. The Morgan fingerprint density at radius 2 is 1.95 bits per heavy atom. The Hall–Kier alpha value is -1.58. The molecule has 0 aromatic heterocycles. The molecule has 3 nitrogen and oxygen atoms in total. The molecule has 0 saturated heterocycles. The summed E-state index contributed by atoms with van der Waals surface area (Å²) in [7, 11) is 0. The summed E-state index contributed by atoms with van der Waals surface area (Å²) in [5.74, 6) is 0.651. The zero-order chi connectivity index (χ0) is 14.1. The molecule has 0 aliphatic rings. The van der Waals surface area contributed by atoms with Crippen LogP contribution in [-0.4, -0.2) is 25.1 Å². The Labute approximate surface area is 115 Å².